The molecule has 3 rings (SSSR count). The molecule has 128 valence electrons. The molecule has 2 aromatic rings. The van der Waals surface area contributed by atoms with Crippen LogP contribution in [0.2, 0.25) is 0 Å². The Bertz CT molecular complexity index is 873. The van der Waals surface area contributed by atoms with Crippen molar-refractivity contribution in [2.75, 3.05) is 11.4 Å². The molecule has 1 N–H and O–H groups in total. The fourth-order valence-corrected chi connectivity index (χ4v) is 3.85. The lowest BCUT2D eigenvalue weighted by Gasteiger charge is -2.28. The summed E-state index contributed by atoms with van der Waals surface area (Å²) in [6.45, 7) is 3.98. The van der Waals surface area contributed by atoms with Gasteiger partial charge in [0.1, 0.15) is 5.76 Å². The van der Waals surface area contributed by atoms with Crippen LogP contribution in [0.4, 0.5) is 5.69 Å². The maximum absolute atomic E-state index is 12.5. The van der Waals surface area contributed by atoms with Gasteiger partial charge in [0, 0.05) is 19.2 Å². The number of benzene rings is 1. The summed E-state index contributed by atoms with van der Waals surface area (Å²) < 4.78 is 32.6. The molecule has 0 unspecified atom stereocenters. The van der Waals surface area contributed by atoms with E-state index in [1.165, 1.54) is 19.4 Å². The number of sulfonamides is 1. The number of oxazole rings is 1. The molecule has 0 spiro atoms. The molecule has 0 radical (unpaired) electrons. The van der Waals surface area contributed by atoms with E-state index in [0.717, 1.165) is 24.1 Å². The van der Waals surface area contributed by atoms with Crippen LogP contribution < -0.4 is 9.62 Å². The van der Waals surface area contributed by atoms with Crippen molar-refractivity contribution in [3.63, 3.8) is 0 Å². The Labute approximate surface area is 140 Å². The third-order valence-corrected chi connectivity index (χ3v) is 5.53. The Hall–Kier alpha value is -2.19. The molecule has 0 saturated carbocycles. The van der Waals surface area contributed by atoms with Crippen LogP contribution in [-0.2, 0) is 27.8 Å². The summed E-state index contributed by atoms with van der Waals surface area (Å²) >= 11 is 0. The molecule has 0 bridgehead atoms. The number of hydrogen-bond donors (Lipinski definition) is 1. The van der Waals surface area contributed by atoms with Gasteiger partial charge in [-0.1, -0.05) is 0 Å². The number of aromatic nitrogens is 1. The third kappa shape index (κ3) is 3.20. The van der Waals surface area contributed by atoms with Crippen LogP contribution in [-0.4, -0.2) is 25.9 Å². The number of carbonyl (C=O) groups is 1. The average Bonchev–Trinajstić information content (AvgIpc) is 2.97. The normalized spacial score (nSPS) is 14.5. The highest BCUT2D eigenvalue weighted by atomic mass is 32.2. The van der Waals surface area contributed by atoms with Crippen LogP contribution in [0.25, 0.3) is 0 Å². The first-order valence-corrected chi connectivity index (χ1v) is 9.16. The number of anilines is 1. The van der Waals surface area contributed by atoms with Gasteiger partial charge in [-0.15, -0.1) is 0 Å². The van der Waals surface area contributed by atoms with E-state index in [0.29, 0.717) is 18.0 Å². The number of rotatable bonds is 4. The Kier molecular flexibility index (Phi) is 4.42. The number of aryl methyl sites for hydroxylation is 2. The Morgan fingerprint density at radius 1 is 1.42 bits per heavy atom. The lowest BCUT2D eigenvalue weighted by atomic mass is 10.0. The van der Waals surface area contributed by atoms with E-state index < -0.39 is 10.0 Å². The van der Waals surface area contributed by atoms with Gasteiger partial charge in [0.15, 0.2) is 6.39 Å². The summed E-state index contributed by atoms with van der Waals surface area (Å²) in [5, 5.41) is 0. The highest BCUT2D eigenvalue weighted by molar-refractivity contribution is 7.89. The van der Waals surface area contributed by atoms with Crippen molar-refractivity contribution >= 4 is 21.6 Å². The second kappa shape index (κ2) is 6.37. The number of fused-ring (bicyclic) bond motifs is 1. The van der Waals surface area contributed by atoms with Crippen LogP contribution in [0.15, 0.2) is 33.9 Å². The minimum atomic E-state index is -3.66. The quantitative estimate of drug-likeness (QED) is 0.908. The van der Waals surface area contributed by atoms with Crippen molar-refractivity contribution in [1.29, 1.82) is 0 Å². The second-order valence-electron chi connectivity index (χ2n) is 5.74. The van der Waals surface area contributed by atoms with E-state index in [1.54, 1.807) is 24.0 Å². The molecule has 1 aromatic carbocycles. The van der Waals surface area contributed by atoms with Crippen LogP contribution in [0, 0.1) is 6.92 Å². The summed E-state index contributed by atoms with van der Waals surface area (Å²) in [6, 6.07) is 4.87. The first-order valence-electron chi connectivity index (χ1n) is 7.68. The Morgan fingerprint density at radius 3 is 2.88 bits per heavy atom. The molecule has 0 saturated heterocycles. The summed E-state index contributed by atoms with van der Waals surface area (Å²) in [5.74, 6) is 0.548. The van der Waals surface area contributed by atoms with E-state index in [-0.39, 0.29) is 17.3 Å². The van der Waals surface area contributed by atoms with Crippen molar-refractivity contribution in [2.24, 2.45) is 0 Å². The zero-order valence-corrected chi connectivity index (χ0v) is 14.4. The molecule has 8 heteroatoms. The minimum Gasteiger partial charge on any atom is -0.448 e. The first-order chi connectivity index (χ1) is 11.4. The summed E-state index contributed by atoms with van der Waals surface area (Å²) in [7, 11) is -3.66. The molecule has 2 heterocycles. The van der Waals surface area contributed by atoms with Crippen LogP contribution in [0.1, 0.15) is 30.4 Å². The van der Waals surface area contributed by atoms with Gasteiger partial charge in [0.05, 0.1) is 17.1 Å². The molecule has 7 nitrogen and oxygen atoms in total. The number of carbonyl (C=O) groups excluding carboxylic acids is 1. The van der Waals surface area contributed by atoms with Gasteiger partial charge in [-0.05, 0) is 43.5 Å². The molecule has 1 aliphatic rings. The summed E-state index contributed by atoms with van der Waals surface area (Å²) in [4.78, 5) is 17.5. The third-order valence-electron chi connectivity index (χ3n) is 4.13. The average molecular weight is 349 g/mol. The van der Waals surface area contributed by atoms with Gasteiger partial charge >= 0.3 is 0 Å². The highest BCUT2D eigenvalue weighted by Crippen LogP contribution is 2.29. The molecule has 1 amide bonds. The van der Waals surface area contributed by atoms with E-state index in [2.05, 4.69) is 9.71 Å². The van der Waals surface area contributed by atoms with Crippen LogP contribution >= 0.6 is 0 Å². The lowest BCUT2D eigenvalue weighted by Crippen LogP contribution is -2.33. The SMILES string of the molecule is CC(=O)N1CCCc2cc(S(=O)(=O)NCc3ncoc3C)ccc21. The molecule has 1 aromatic heterocycles. The van der Waals surface area contributed by atoms with E-state index in [1.807, 2.05) is 0 Å². The molecular weight excluding hydrogens is 330 g/mol. The van der Waals surface area contributed by atoms with Crippen molar-refractivity contribution in [3.8, 4) is 0 Å². The molecular formula is C16H19N3O4S. The smallest absolute Gasteiger partial charge is 0.240 e. The van der Waals surface area contributed by atoms with Crippen LogP contribution in [0.3, 0.4) is 0 Å². The molecule has 24 heavy (non-hydrogen) atoms. The zero-order chi connectivity index (χ0) is 17.3. The van der Waals surface area contributed by atoms with E-state index >= 15 is 0 Å². The Morgan fingerprint density at radius 2 is 2.21 bits per heavy atom. The van der Waals surface area contributed by atoms with Crippen molar-refractivity contribution in [2.45, 2.75) is 38.1 Å². The maximum atomic E-state index is 12.5. The van der Waals surface area contributed by atoms with Gasteiger partial charge in [-0.3, -0.25) is 4.79 Å². The first kappa shape index (κ1) is 16.7. The minimum absolute atomic E-state index is 0.0359. The van der Waals surface area contributed by atoms with Crippen molar-refractivity contribution in [3.05, 3.63) is 41.6 Å². The highest BCUT2D eigenvalue weighted by Gasteiger charge is 2.23. The molecule has 0 aliphatic carbocycles. The predicted molar refractivity (Wildman–Crippen MR) is 88.1 cm³/mol. The fourth-order valence-electron chi connectivity index (χ4n) is 2.81. The monoisotopic (exact) mass is 349 g/mol. The summed E-state index contributed by atoms with van der Waals surface area (Å²) in [6.07, 6.45) is 2.86. The fraction of sp³-hybridized carbons (Fsp3) is 0.375. The van der Waals surface area contributed by atoms with Crippen molar-refractivity contribution < 1.29 is 17.6 Å². The van der Waals surface area contributed by atoms with Crippen LogP contribution in [0.5, 0.6) is 0 Å². The Balaban J connectivity index is 1.84. The lowest BCUT2D eigenvalue weighted by molar-refractivity contribution is -0.116. The predicted octanol–water partition coefficient (Wildman–Crippen LogP) is 1.76. The van der Waals surface area contributed by atoms with Gasteiger partial charge < -0.3 is 9.32 Å². The van der Waals surface area contributed by atoms with E-state index in [4.69, 9.17) is 4.42 Å². The van der Waals surface area contributed by atoms with Gasteiger partial charge in [0.2, 0.25) is 15.9 Å². The van der Waals surface area contributed by atoms with Gasteiger partial charge in [-0.2, -0.15) is 0 Å². The second-order valence-corrected chi connectivity index (χ2v) is 7.51. The molecule has 0 atom stereocenters. The van der Waals surface area contributed by atoms with Gasteiger partial charge in [0.25, 0.3) is 0 Å². The van der Waals surface area contributed by atoms with E-state index in [9.17, 15) is 13.2 Å². The number of amides is 1. The largest absolute Gasteiger partial charge is 0.448 e. The maximum Gasteiger partial charge on any atom is 0.240 e. The molecule has 0 fully saturated rings. The summed E-state index contributed by atoms with van der Waals surface area (Å²) in [5.41, 5.74) is 2.22. The number of nitrogens with zero attached hydrogens (tertiary/aromatic N) is 2. The zero-order valence-electron chi connectivity index (χ0n) is 13.6. The van der Waals surface area contributed by atoms with Gasteiger partial charge in [-0.25, -0.2) is 18.1 Å². The molecule has 1 aliphatic heterocycles. The number of nitrogens with one attached hydrogen (secondary N) is 1. The topological polar surface area (TPSA) is 92.5 Å². The standard InChI is InChI=1S/C16H19N3O4S/c1-11-15(17-10-23-11)9-18-24(21,22)14-5-6-16-13(8-14)4-3-7-19(16)12(2)20/h5-6,8,10,18H,3-4,7,9H2,1-2H3. The van der Waals surface area contributed by atoms with Crippen molar-refractivity contribution in [1.82, 2.24) is 9.71 Å². The number of hydrogen-bond acceptors (Lipinski definition) is 5.